The van der Waals surface area contributed by atoms with Crippen molar-refractivity contribution in [1.82, 2.24) is 0 Å². The molecule has 0 saturated heterocycles. The van der Waals surface area contributed by atoms with Crippen LogP contribution in [0.5, 0.6) is 11.5 Å². The first-order valence-corrected chi connectivity index (χ1v) is 7.04. The second-order valence-electron chi connectivity index (χ2n) is 4.90. The monoisotopic (exact) mass is 314 g/mol. The van der Waals surface area contributed by atoms with Gasteiger partial charge in [0.2, 0.25) is 0 Å². The minimum Gasteiger partial charge on any atom is -0.496 e. The predicted octanol–water partition coefficient (Wildman–Crippen LogP) is 3.26. The Morgan fingerprint density at radius 1 is 1.00 bits per heavy atom. The van der Waals surface area contributed by atoms with Gasteiger partial charge >= 0.3 is 5.97 Å². The molecule has 0 unspecified atom stereocenters. The van der Waals surface area contributed by atoms with E-state index in [-0.39, 0.29) is 11.8 Å². The first kappa shape index (κ1) is 16.5. The Morgan fingerprint density at radius 2 is 1.70 bits per heavy atom. The number of esters is 1. The SMILES string of the molecule is COC(=O)c1ccc(COc2ccc(C(C)=O)c(OC)c2)cc1. The Kier molecular flexibility index (Phi) is 5.36. The van der Waals surface area contributed by atoms with Gasteiger partial charge in [0.05, 0.1) is 25.3 Å². The number of hydrogen-bond acceptors (Lipinski definition) is 5. The number of benzene rings is 2. The molecule has 2 aromatic rings. The molecule has 0 atom stereocenters. The molecule has 0 aliphatic rings. The standard InChI is InChI=1S/C18H18O5/c1-12(19)16-9-8-15(10-17(16)21-2)23-11-13-4-6-14(7-5-13)18(20)22-3/h4-10H,11H2,1-3H3. The van der Waals surface area contributed by atoms with Gasteiger partial charge in [0.15, 0.2) is 5.78 Å². The first-order chi connectivity index (χ1) is 11.0. The van der Waals surface area contributed by atoms with E-state index < -0.39 is 0 Å². The summed E-state index contributed by atoms with van der Waals surface area (Å²) in [5.41, 5.74) is 1.92. The van der Waals surface area contributed by atoms with Gasteiger partial charge in [-0.2, -0.15) is 0 Å². The van der Waals surface area contributed by atoms with Gasteiger partial charge < -0.3 is 14.2 Å². The van der Waals surface area contributed by atoms with Crippen LogP contribution in [0.4, 0.5) is 0 Å². The summed E-state index contributed by atoms with van der Waals surface area (Å²) in [6, 6.07) is 12.0. The summed E-state index contributed by atoms with van der Waals surface area (Å²) in [6.45, 7) is 1.82. The van der Waals surface area contributed by atoms with Crippen molar-refractivity contribution in [3.05, 3.63) is 59.2 Å². The summed E-state index contributed by atoms with van der Waals surface area (Å²) < 4.78 is 15.5. The van der Waals surface area contributed by atoms with Gasteiger partial charge in [-0.15, -0.1) is 0 Å². The fourth-order valence-electron chi connectivity index (χ4n) is 2.07. The van der Waals surface area contributed by atoms with E-state index in [0.717, 1.165) is 5.56 Å². The molecule has 0 saturated carbocycles. The van der Waals surface area contributed by atoms with Gasteiger partial charge in [0, 0.05) is 6.07 Å². The molecule has 120 valence electrons. The molecule has 0 aliphatic heterocycles. The largest absolute Gasteiger partial charge is 0.496 e. The highest BCUT2D eigenvalue weighted by Gasteiger charge is 2.09. The fraction of sp³-hybridized carbons (Fsp3) is 0.222. The van der Waals surface area contributed by atoms with Crippen molar-refractivity contribution >= 4 is 11.8 Å². The van der Waals surface area contributed by atoms with Crippen LogP contribution in [0.15, 0.2) is 42.5 Å². The number of methoxy groups -OCH3 is 2. The van der Waals surface area contributed by atoms with Gasteiger partial charge in [0.25, 0.3) is 0 Å². The molecule has 0 spiro atoms. The third kappa shape index (κ3) is 4.10. The molecular weight excluding hydrogens is 296 g/mol. The van der Waals surface area contributed by atoms with Crippen LogP contribution in [0.3, 0.4) is 0 Å². The molecule has 0 fully saturated rings. The molecule has 2 aromatic carbocycles. The number of ether oxygens (including phenoxy) is 3. The molecule has 0 amide bonds. The van der Waals surface area contributed by atoms with Crippen molar-refractivity contribution in [2.45, 2.75) is 13.5 Å². The van der Waals surface area contributed by atoms with Crippen LogP contribution < -0.4 is 9.47 Å². The van der Waals surface area contributed by atoms with E-state index >= 15 is 0 Å². The van der Waals surface area contributed by atoms with Crippen LogP contribution in [0.1, 0.15) is 33.2 Å². The average Bonchev–Trinajstić information content (AvgIpc) is 2.59. The highest BCUT2D eigenvalue weighted by Crippen LogP contribution is 2.25. The van der Waals surface area contributed by atoms with Crippen molar-refractivity contribution in [3.8, 4) is 11.5 Å². The van der Waals surface area contributed by atoms with Gasteiger partial charge in [-0.25, -0.2) is 4.79 Å². The van der Waals surface area contributed by atoms with Gasteiger partial charge in [0.1, 0.15) is 18.1 Å². The molecule has 5 heteroatoms. The normalized spacial score (nSPS) is 10.0. The Labute approximate surface area is 134 Å². The van der Waals surface area contributed by atoms with Crippen molar-refractivity contribution in [1.29, 1.82) is 0 Å². The molecule has 5 nitrogen and oxygen atoms in total. The third-order valence-electron chi connectivity index (χ3n) is 3.33. The summed E-state index contributed by atoms with van der Waals surface area (Å²) in [5, 5.41) is 0. The lowest BCUT2D eigenvalue weighted by Crippen LogP contribution is -2.02. The topological polar surface area (TPSA) is 61.8 Å². The number of Topliss-reactive ketones (excluding diaryl/α,β-unsaturated/α-hetero) is 1. The van der Waals surface area contributed by atoms with E-state index in [1.54, 1.807) is 42.5 Å². The average molecular weight is 314 g/mol. The number of rotatable bonds is 6. The molecule has 0 aromatic heterocycles. The van der Waals surface area contributed by atoms with E-state index in [1.807, 2.05) is 0 Å². The highest BCUT2D eigenvalue weighted by molar-refractivity contribution is 5.97. The maximum absolute atomic E-state index is 11.5. The molecule has 0 radical (unpaired) electrons. The lowest BCUT2D eigenvalue weighted by Gasteiger charge is -2.10. The zero-order chi connectivity index (χ0) is 16.8. The Morgan fingerprint density at radius 3 is 2.26 bits per heavy atom. The predicted molar refractivity (Wildman–Crippen MR) is 85.1 cm³/mol. The third-order valence-corrected chi connectivity index (χ3v) is 3.33. The van der Waals surface area contributed by atoms with Gasteiger partial charge in [-0.05, 0) is 36.8 Å². The molecule has 0 aliphatic carbocycles. The Bertz CT molecular complexity index is 704. The van der Waals surface area contributed by atoms with E-state index in [2.05, 4.69) is 4.74 Å². The number of ketones is 1. The Balaban J connectivity index is 2.06. The van der Waals surface area contributed by atoms with Gasteiger partial charge in [-0.3, -0.25) is 4.79 Å². The number of carbonyl (C=O) groups excluding carboxylic acids is 2. The maximum Gasteiger partial charge on any atom is 0.337 e. The maximum atomic E-state index is 11.5. The van der Waals surface area contributed by atoms with E-state index in [1.165, 1.54) is 21.1 Å². The minimum atomic E-state index is -0.373. The smallest absolute Gasteiger partial charge is 0.337 e. The fourth-order valence-corrected chi connectivity index (χ4v) is 2.07. The highest BCUT2D eigenvalue weighted by atomic mass is 16.5. The quantitative estimate of drug-likeness (QED) is 0.605. The van der Waals surface area contributed by atoms with Crippen LogP contribution in [0, 0.1) is 0 Å². The first-order valence-electron chi connectivity index (χ1n) is 7.04. The van der Waals surface area contributed by atoms with E-state index in [9.17, 15) is 9.59 Å². The zero-order valence-electron chi connectivity index (χ0n) is 13.3. The van der Waals surface area contributed by atoms with Crippen molar-refractivity contribution in [3.63, 3.8) is 0 Å². The molecule has 23 heavy (non-hydrogen) atoms. The second kappa shape index (κ2) is 7.45. The van der Waals surface area contributed by atoms with Crippen molar-refractivity contribution < 1.29 is 23.8 Å². The summed E-state index contributed by atoms with van der Waals surface area (Å²) in [7, 11) is 2.86. The van der Waals surface area contributed by atoms with Crippen LogP contribution in [0.25, 0.3) is 0 Å². The summed E-state index contributed by atoms with van der Waals surface area (Å²) in [5.74, 6) is 0.647. The molecule has 0 heterocycles. The molecule has 2 rings (SSSR count). The Hall–Kier alpha value is -2.82. The number of hydrogen-bond donors (Lipinski definition) is 0. The van der Waals surface area contributed by atoms with Crippen molar-refractivity contribution in [2.24, 2.45) is 0 Å². The minimum absolute atomic E-state index is 0.0631. The lowest BCUT2D eigenvalue weighted by atomic mass is 10.1. The molecular formula is C18H18O5. The summed E-state index contributed by atoms with van der Waals surface area (Å²) in [6.07, 6.45) is 0. The van der Waals surface area contributed by atoms with Crippen LogP contribution >= 0.6 is 0 Å². The van der Waals surface area contributed by atoms with Crippen LogP contribution in [0.2, 0.25) is 0 Å². The number of carbonyl (C=O) groups is 2. The summed E-state index contributed by atoms with van der Waals surface area (Å²) >= 11 is 0. The van der Waals surface area contributed by atoms with Gasteiger partial charge in [-0.1, -0.05) is 12.1 Å². The molecule has 0 bridgehead atoms. The molecule has 0 N–H and O–H groups in total. The summed E-state index contributed by atoms with van der Waals surface area (Å²) in [4.78, 5) is 22.8. The van der Waals surface area contributed by atoms with Crippen molar-refractivity contribution in [2.75, 3.05) is 14.2 Å². The van der Waals surface area contributed by atoms with E-state index in [0.29, 0.717) is 29.2 Å². The zero-order valence-corrected chi connectivity index (χ0v) is 13.3. The van der Waals surface area contributed by atoms with Crippen LogP contribution in [-0.2, 0) is 11.3 Å². The lowest BCUT2D eigenvalue weighted by molar-refractivity contribution is 0.0600. The van der Waals surface area contributed by atoms with Crippen LogP contribution in [-0.4, -0.2) is 26.0 Å². The van der Waals surface area contributed by atoms with E-state index in [4.69, 9.17) is 9.47 Å². The second-order valence-corrected chi connectivity index (χ2v) is 4.90.